The van der Waals surface area contributed by atoms with Gasteiger partial charge in [0.1, 0.15) is 5.75 Å². The van der Waals surface area contributed by atoms with Gasteiger partial charge >= 0.3 is 0 Å². The van der Waals surface area contributed by atoms with E-state index in [0.29, 0.717) is 24.6 Å². The van der Waals surface area contributed by atoms with Crippen molar-refractivity contribution in [3.05, 3.63) is 41.4 Å². The van der Waals surface area contributed by atoms with Gasteiger partial charge in [-0.05, 0) is 24.3 Å². The van der Waals surface area contributed by atoms with E-state index in [1.54, 1.807) is 23.5 Å². The van der Waals surface area contributed by atoms with Crippen LogP contribution in [0.15, 0.2) is 40.8 Å². The zero-order valence-corrected chi connectivity index (χ0v) is 15.2. The molecule has 1 aliphatic heterocycles. The number of phenolic OH excluding ortho intramolecular Hbond substituents is 1. The van der Waals surface area contributed by atoms with E-state index in [2.05, 4.69) is 20.2 Å². The average Bonchev–Trinajstić information content (AvgIpc) is 3.20. The van der Waals surface area contributed by atoms with E-state index in [1.807, 2.05) is 16.5 Å². The molecule has 0 aliphatic carbocycles. The molecular formula is C17H22N6O2S. The van der Waals surface area contributed by atoms with Gasteiger partial charge in [0.25, 0.3) is 5.91 Å². The first-order chi connectivity index (χ1) is 12.6. The molecule has 2 heterocycles. The molecule has 1 aromatic heterocycles. The number of phenols is 1. The number of aliphatic imine (C=N–C) groups is 1. The van der Waals surface area contributed by atoms with Gasteiger partial charge in [0.2, 0.25) is 0 Å². The van der Waals surface area contributed by atoms with Gasteiger partial charge in [-0.2, -0.15) is 0 Å². The molecule has 26 heavy (non-hydrogen) atoms. The Morgan fingerprint density at radius 3 is 2.65 bits per heavy atom. The number of thiazole rings is 1. The van der Waals surface area contributed by atoms with Crippen LogP contribution in [-0.4, -0.2) is 66.1 Å². The minimum atomic E-state index is -0.198. The Labute approximate surface area is 156 Å². The van der Waals surface area contributed by atoms with Gasteiger partial charge in [0, 0.05) is 49.9 Å². The maximum atomic E-state index is 12.0. The van der Waals surface area contributed by atoms with Crippen molar-refractivity contribution >= 4 is 28.3 Å². The van der Waals surface area contributed by atoms with Gasteiger partial charge in [-0.3, -0.25) is 9.79 Å². The largest absolute Gasteiger partial charge is 0.508 e. The molecule has 0 saturated carbocycles. The predicted octanol–water partition coefficient (Wildman–Crippen LogP) is 0.715. The van der Waals surface area contributed by atoms with Crippen molar-refractivity contribution in [3.63, 3.8) is 0 Å². The summed E-state index contributed by atoms with van der Waals surface area (Å²) in [5, 5.41) is 15.0. The normalized spacial score (nSPS) is 15.2. The van der Waals surface area contributed by atoms with Crippen molar-refractivity contribution in [2.45, 2.75) is 0 Å². The van der Waals surface area contributed by atoms with Crippen LogP contribution in [0, 0.1) is 0 Å². The highest BCUT2D eigenvalue weighted by atomic mass is 32.1. The van der Waals surface area contributed by atoms with Gasteiger partial charge in [0.15, 0.2) is 11.1 Å². The number of nitrogens with two attached hydrogens (primary N) is 1. The lowest BCUT2D eigenvalue weighted by atomic mass is 10.2. The number of anilines is 1. The molecule has 3 rings (SSSR count). The van der Waals surface area contributed by atoms with Crippen molar-refractivity contribution in [3.8, 4) is 5.75 Å². The number of aromatic hydroxyl groups is 1. The van der Waals surface area contributed by atoms with Crippen LogP contribution in [0.25, 0.3) is 0 Å². The van der Waals surface area contributed by atoms with Crippen LogP contribution >= 0.6 is 11.3 Å². The monoisotopic (exact) mass is 374 g/mol. The van der Waals surface area contributed by atoms with Gasteiger partial charge in [-0.15, -0.1) is 11.3 Å². The minimum absolute atomic E-state index is 0.133. The van der Waals surface area contributed by atoms with Gasteiger partial charge in [0.05, 0.1) is 6.54 Å². The maximum absolute atomic E-state index is 12.0. The molecule has 1 amide bonds. The van der Waals surface area contributed by atoms with Crippen LogP contribution in [0.2, 0.25) is 0 Å². The average molecular weight is 374 g/mol. The first kappa shape index (κ1) is 18.0. The van der Waals surface area contributed by atoms with Crippen LogP contribution in [0.5, 0.6) is 5.75 Å². The van der Waals surface area contributed by atoms with Crippen LogP contribution in [0.1, 0.15) is 10.4 Å². The van der Waals surface area contributed by atoms with Crippen LogP contribution in [0.3, 0.4) is 0 Å². The Kier molecular flexibility index (Phi) is 5.90. The fourth-order valence-corrected chi connectivity index (χ4v) is 3.35. The lowest BCUT2D eigenvalue weighted by Gasteiger charge is -2.35. The van der Waals surface area contributed by atoms with Gasteiger partial charge in [-0.25, -0.2) is 4.98 Å². The highest BCUT2D eigenvalue weighted by Gasteiger charge is 2.19. The highest BCUT2D eigenvalue weighted by Crippen LogP contribution is 2.18. The standard InChI is InChI=1S/C17H22N6O2S/c18-16(22-8-10-23(11-9-22)17-21-7-12-26-17)20-6-5-19-15(25)13-1-3-14(24)4-2-13/h1-4,7,12,24H,5-6,8-11H2,(H2,18,20)(H,19,25). The number of carbonyl (C=O) groups is 1. The van der Waals surface area contributed by atoms with Crippen molar-refractivity contribution in [2.24, 2.45) is 10.7 Å². The topological polar surface area (TPSA) is 107 Å². The number of guanidine groups is 1. The second-order valence-electron chi connectivity index (χ2n) is 5.83. The molecule has 1 saturated heterocycles. The number of hydrogen-bond acceptors (Lipinski definition) is 6. The van der Waals surface area contributed by atoms with Crippen LogP contribution in [0.4, 0.5) is 5.13 Å². The molecule has 0 bridgehead atoms. The number of benzene rings is 1. The first-order valence-electron chi connectivity index (χ1n) is 8.40. The zero-order chi connectivity index (χ0) is 18.4. The third-order valence-corrected chi connectivity index (χ3v) is 4.93. The molecule has 0 spiro atoms. The third-order valence-electron chi connectivity index (χ3n) is 4.09. The van der Waals surface area contributed by atoms with Crippen molar-refractivity contribution in [1.82, 2.24) is 15.2 Å². The summed E-state index contributed by atoms with van der Waals surface area (Å²) in [6.45, 7) is 4.15. The number of piperazine rings is 1. The molecule has 9 heteroatoms. The summed E-state index contributed by atoms with van der Waals surface area (Å²) >= 11 is 1.64. The summed E-state index contributed by atoms with van der Waals surface area (Å²) in [4.78, 5) is 24.9. The predicted molar refractivity (Wildman–Crippen MR) is 103 cm³/mol. The van der Waals surface area contributed by atoms with Crippen molar-refractivity contribution < 1.29 is 9.90 Å². The minimum Gasteiger partial charge on any atom is -0.508 e. The molecular weight excluding hydrogens is 352 g/mol. The van der Waals surface area contributed by atoms with E-state index in [-0.39, 0.29) is 11.7 Å². The van der Waals surface area contributed by atoms with E-state index >= 15 is 0 Å². The van der Waals surface area contributed by atoms with Crippen LogP contribution < -0.4 is 16.0 Å². The molecule has 4 N–H and O–H groups in total. The van der Waals surface area contributed by atoms with Crippen LogP contribution in [-0.2, 0) is 0 Å². The van der Waals surface area contributed by atoms with Crippen molar-refractivity contribution in [2.75, 3.05) is 44.2 Å². The number of hydrogen-bond donors (Lipinski definition) is 3. The van der Waals surface area contributed by atoms with Gasteiger partial charge < -0.3 is 26.0 Å². The summed E-state index contributed by atoms with van der Waals surface area (Å²) in [5.41, 5.74) is 6.56. The molecule has 0 radical (unpaired) electrons. The first-order valence-corrected chi connectivity index (χ1v) is 9.28. The Balaban J connectivity index is 1.40. The second kappa shape index (κ2) is 8.52. The number of aromatic nitrogens is 1. The smallest absolute Gasteiger partial charge is 0.251 e. The number of rotatable bonds is 5. The van der Waals surface area contributed by atoms with E-state index < -0.39 is 0 Å². The Hall–Kier alpha value is -2.81. The molecule has 0 atom stereocenters. The quantitative estimate of drug-likeness (QED) is 0.404. The summed E-state index contributed by atoms with van der Waals surface area (Å²) in [7, 11) is 0. The molecule has 1 aliphatic rings. The van der Waals surface area contributed by atoms with Crippen molar-refractivity contribution in [1.29, 1.82) is 0 Å². The van der Waals surface area contributed by atoms with E-state index in [4.69, 9.17) is 5.73 Å². The summed E-state index contributed by atoms with van der Waals surface area (Å²) < 4.78 is 0. The van der Waals surface area contributed by atoms with E-state index in [0.717, 1.165) is 31.3 Å². The molecule has 0 unspecified atom stereocenters. The molecule has 8 nitrogen and oxygen atoms in total. The summed E-state index contributed by atoms with van der Waals surface area (Å²) in [5.74, 6) is 0.437. The third kappa shape index (κ3) is 4.63. The number of nitrogens with one attached hydrogen (secondary N) is 1. The zero-order valence-electron chi connectivity index (χ0n) is 14.3. The Morgan fingerprint density at radius 2 is 2.00 bits per heavy atom. The van der Waals surface area contributed by atoms with E-state index in [9.17, 15) is 9.90 Å². The Bertz CT molecular complexity index is 739. The molecule has 138 valence electrons. The fourth-order valence-electron chi connectivity index (χ4n) is 2.65. The fraction of sp³-hybridized carbons (Fsp3) is 0.353. The number of nitrogens with zero attached hydrogens (tertiary/aromatic N) is 4. The highest BCUT2D eigenvalue weighted by molar-refractivity contribution is 7.13. The number of amides is 1. The SMILES string of the molecule is NC(=NCCNC(=O)c1ccc(O)cc1)N1CCN(c2nccs2)CC1. The Morgan fingerprint density at radius 1 is 1.27 bits per heavy atom. The molecule has 1 fully saturated rings. The number of carbonyl (C=O) groups excluding carboxylic acids is 1. The summed E-state index contributed by atoms with van der Waals surface area (Å²) in [6, 6.07) is 6.11. The second-order valence-corrected chi connectivity index (χ2v) is 6.70. The molecule has 2 aromatic rings. The molecule has 1 aromatic carbocycles. The van der Waals surface area contributed by atoms with E-state index in [1.165, 1.54) is 12.1 Å². The lowest BCUT2D eigenvalue weighted by Crippen LogP contribution is -2.51. The lowest BCUT2D eigenvalue weighted by molar-refractivity contribution is 0.0955. The summed E-state index contributed by atoms with van der Waals surface area (Å²) in [6.07, 6.45) is 1.81. The van der Waals surface area contributed by atoms with Gasteiger partial charge in [-0.1, -0.05) is 0 Å². The maximum Gasteiger partial charge on any atom is 0.251 e.